The highest BCUT2D eigenvalue weighted by molar-refractivity contribution is 5.66. The molecule has 0 aromatic heterocycles. The van der Waals surface area contributed by atoms with Gasteiger partial charge in [-0.1, -0.05) is 0 Å². The van der Waals surface area contributed by atoms with E-state index in [1.807, 2.05) is 4.90 Å². The van der Waals surface area contributed by atoms with Crippen LogP contribution in [0.15, 0.2) is 18.2 Å². The van der Waals surface area contributed by atoms with Crippen molar-refractivity contribution >= 4 is 11.4 Å². The number of nitro benzene ring substituents is 1. The number of nitro groups is 1. The minimum absolute atomic E-state index is 0.100. The predicted molar refractivity (Wildman–Crippen MR) is 71.7 cm³/mol. The topological polar surface area (TPSA) is 75.8 Å². The molecule has 0 spiro atoms. The summed E-state index contributed by atoms with van der Waals surface area (Å²) < 4.78 is 5.13. The lowest BCUT2D eigenvalue weighted by atomic mass is 9.97. The Morgan fingerprint density at radius 1 is 1.47 bits per heavy atom. The van der Waals surface area contributed by atoms with E-state index in [1.165, 1.54) is 6.07 Å². The molecule has 104 valence electrons. The van der Waals surface area contributed by atoms with E-state index in [0.717, 1.165) is 25.9 Å². The molecule has 6 heteroatoms. The lowest BCUT2D eigenvalue weighted by Crippen LogP contribution is -2.35. The number of piperidine rings is 1. The third-order valence-corrected chi connectivity index (χ3v) is 3.59. The summed E-state index contributed by atoms with van der Waals surface area (Å²) in [6, 6.07) is 4.78. The van der Waals surface area contributed by atoms with Crippen molar-refractivity contribution in [2.75, 3.05) is 31.7 Å². The highest BCUT2D eigenvalue weighted by Crippen LogP contribution is 2.34. The third kappa shape index (κ3) is 2.96. The van der Waals surface area contributed by atoms with E-state index in [0.29, 0.717) is 17.4 Å². The van der Waals surface area contributed by atoms with Gasteiger partial charge in [-0.15, -0.1) is 0 Å². The van der Waals surface area contributed by atoms with Crippen LogP contribution in [0.2, 0.25) is 0 Å². The molecule has 0 radical (unpaired) electrons. The van der Waals surface area contributed by atoms with Gasteiger partial charge >= 0.3 is 0 Å². The van der Waals surface area contributed by atoms with Crippen LogP contribution in [-0.4, -0.2) is 36.8 Å². The van der Waals surface area contributed by atoms with Crippen molar-refractivity contribution in [3.8, 4) is 5.75 Å². The van der Waals surface area contributed by atoms with Crippen LogP contribution in [-0.2, 0) is 0 Å². The van der Waals surface area contributed by atoms with Crippen LogP contribution in [0.3, 0.4) is 0 Å². The van der Waals surface area contributed by atoms with Crippen LogP contribution >= 0.6 is 0 Å². The maximum absolute atomic E-state index is 11.1. The van der Waals surface area contributed by atoms with Crippen LogP contribution in [0.5, 0.6) is 5.75 Å². The van der Waals surface area contributed by atoms with Gasteiger partial charge in [-0.3, -0.25) is 10.1 Å². The largest absolute Gasteiger partial charge is 0.497 e. The summed E-state index contributed by atoms with van der Waals surface area (Å²) in [6.45, 7) is 1.63. The molecule has 1 aromatic carbocycles. The van der Waals surface area contributed by atoms with E-state index < -0.39 is 0 Å². The summed E-state index contributed by atoms with van der Waals surface area (Å²) in [7, 11) is 1.54. The molecule has 0 saturated carbocycles. The highest BCUT2D eigenvalue weighted by Gasteiger charge is 2.24. The molecule has 1 aliphatic rings. The quantitative estimate of drug-likeness (QED) is 0.664. The van der Waals surface area contributed by atoms with Crippen molar-refractivity contribution in [1.29, 1.82) is 0 Å². The lowest BCUT2D eigenvalue weighted by Gasteiger charge is -2.32. The summed E-state index contributed by atoms with van der Waals surface area (Å²) in [6.07, 6.45) is 1.70. The van der Waals surface area contributed by atoms with Gasteiger partial charge in [0.05, 0.1) is 12.0 Å². The maximum atomic E-state index is 11.1. The molecule has 0 bridgehead atoms. The van der Waals surface area contributed by atoms with Gasteiger partial charge in [0.1, 0.15) is 11.4 Å². The number of hydrogen-bond donors (Lipinski definition) is 1. The Kier molecular flexibility index (Phi) is 4.21. The molecule has 0 aliphatic carbocycles. The van der Waals surface area contributed by atoms with Gasteiger partial charge in [-0.2, -0.15) is 0 Å². The van der Waals surface area contributed by atoms with Crippen LogP contribution in [0.25, 0.3) is 0 Å². The molecule has 1 aromatic rings. The zero-order valence-electron chi connectivity index (χ0n) is 10.9. The monoisotopic (exact) mass is 266 g/mol. The van der Waals surface area contributed by atoms with Gasteiger partial charge < -0.3 is 14.7 Å². The fraction of sp³-hybridized carbons (Fsp3) is 0.538. The van der Waals surface area contributed by atoms with Crippen molar-refractivity contribution < 1.29 is 14.8 Å². The van der Waals surface area contributed by atoms with E-state index in [1.54, 1.807) is 19.2 Å². The Bertz CT molecular complexity index is 456. The Hall–Kier alpha value is -1.82. The SMILES string of the molecule is COc1ccc([N+](=O)[O-])c(N2CCC(CO)CC2)c1. The number of anilines is 1. The summed E-state index contributed by atoms with van der Waals surface area (Å²) in [5.41, 5.74) is 0.698. The molecule has 0 unspecified atom stereocenters. The number of benzene rings is 1. The van der Waals surface area contributed by atoms with Crippen LogP contribution < -0.4 is 9.64 Å². The molecule has 1 fully saturated rings. The fourth-order valence-corrected chi connectivity index (χ4v) is 2.39. The average molecular weight is 266 g/mol. The van der Waals surface area contributed by atoms with Crippen molar-refractivity contribution in [3.05, 3.63) is 28.3 Å². The van der Waals surface area contributed by atoms with E-state index >= 15 is 0 Å². The van der Waals surface area contributed by atoms with Crippen LogP contribution in [0.1, 0.15) is 12.8 Å². The number of nitrogens with zero attached hydrogens (tertiary/aromatic N) is 2. The van der Waals surface area contributed by atoms with Crippen LogP contribution in [0, 0.1) is 16.0 Å². The van der Waals surface area contributed by atoms with E-state index in [4.69, 9.17) is 9.84 Å². The number of ether oxygens (including phenoxy) is 1. The van der Waals surface area contributed by atoms with E-state index in [-0.39, 0.29) is 17.2 Å². The summed E-state index contributed by atoms with van der Waals surface area (Å²) in [4.78, 5) is 12.7. The molecular formula is C13H18N2O4. The van der Waals surface area contributed by atoms with Gasteiger partial charge in [0.15, 0.2) is 0 Å². The number of methoxy groups -OCH3 is 1. The fourth-order valence-electron chi connectivity index (χ4n) is 2.39. The minimum atomic E-state index is -0.368. The average Bonchev–Trinajstić information content (AvgIpc) is 2.46. The van der Waals surface area contributed by atoms with Gasteiger partial charge in [0, 0.05) is 31.8 Å². The molecule has 1 heterocycles. The Labute approximate surface area is 111 Å². The minimum Gasteiger partial charge on any atom is -0.497 e. The molecule has 0 atom stereocenters. The molecule has 19 heavy (non-hydrogen) atoms. The predicted octanol–water partition coefficient (Wildman–Crippen LogP) is 1.81. The molecular weight excluding hydrogens is 248 g/mol. The standard InChI is InChI=1S/C13H18N2O4/c1-19-11-2-3-12(15(17)18)13(8-11)14-6-4-10(9-16)5-7-14/h2-3,8,10,16H,4-7,9H2,1H3. The molecule has 2 rings (SSSR count). The normalized spacial score (nSPS) is 16.4. The zero-order valence-corrected chi connectivity index (χ0v) is 10.9. The Morgan fingerprint density at radius 2 is 2.16 bits per heavy atom. The van der Waals surface area contributed by atoms with Crippen molar-refractivity contribution in [2.45, 2.75) is 12.8 Å². The van der Waals surface area contributed by atoms with Crippen molar-refractivity contribution in [2.24, 2.45) is 5.92 Å². The van der Waals surface area contributed by atoms with Gasteiger partial charge in [-0.05, 0) is 24.8 Å². The second kappa shape index (κ2) is 5.88. The van der Waals surface area contributed by atoms with E-state index in [2.05, 4.69) is 0 Å². The second-order valence-electron chi connectivity index (χ2n) is 4.72. The molecule has 1 saturated heterocycles. The Balaban J connectivity index is 2.24. The lowest BCUT2D eigenvalue weighted by molar-refractivity contribution is -0.384. The number of aliphatic hydroxyl groups is 1. The zero-order chi connectivity index (χ0) is 13.8. The van der Waals surface area contributed by atoms with Crippen molar-refractivity contribution in [1.82, 2.24) is 0 Å². The van der Waals surface area contributed by atoms with Gasteiger partial charge in [0.2, 0.25) is 0 Å². The second-order valence-corrected chi connectivity index (χ2v) is 4.72. The van der Waals surface area contributed by atoms with Gasteiger partial charge in [0.25, 0.3) is 5.69 Å². The molecule has 6 nitrogen and oxygen atoms in total. The smallest absolute Gasteiger partial charge is 0.292 e. The number of aliphatic hydroxyl groups excluding tert-OH is 1. The molecule has 1 aliphatic heterocycles. The first-order valence-corrected chi connectivity index (χ1v) is 6.34. The third-order valence-electron chi connectivity index (χ3n) is 3.59. The van der Waals surface area contributed by atoms with E-state index in [9.17, 15) is 10.1 Å². The summed E-state index contributed by atoms with van der Waals surface area (Å²) in [5.74, 6) is 0.922. The first kappa shape index (κ1) is 13.6. The summed E-state index contributed by atoms with van der Waals surface area (Å²) in [5, 5.41) is 20.2. The maximum Gasteiger partial charge on any atom is 0.292 e. The van der Waals surface area contributed by atoms with Crippen LogP contribution in [0.4, 0.5) is 11.4 Å². The number of rotatable bonds is 4. The number of hydrogen-bond acceptors (Lipinski definition) is 5. The highest BCUT2D eigenvalue weighted by atomic mass is 16.6. The molecule has 0 amide bonds. The van der Waals surface area contributed by atoms with Gasteiger partial charge in [-0.25, -0.2) is 0 Å². The summed E-state index contributed by atoms with van der Waals surface area (Å²) >= 11 is 0. The van der Waals surface area contributed by atoms with Crippen molar-refractivity contribution in [3.63, 3.8) is 0 Å². The molecule has 1 N–H and O–H groups in total. The first-order valence-electron chi connectivity index (χ1n) is 6.34. The Morgan fingerprint density at radius 3 is 2.68 bits per heavy atom. The first-order chi connectivity index (χ1) is 9.15.